The number of carbonyl (C=O) groups excluding carboxylic acids is 1. The molecular weight excluding hydrogens is 202 g/mol. The summed E-state index contributed by atoms with van der Waals surface area (Å²) in [5.74, 6) is 0.729. The molecule has 0 aromatic rings. The highest BCUT2D eigenvalue weighted by molar-refractivity contribution is 5.82. The van der Waals surface area contributed by atoms with Crippen molar-refractivity contribution in [2.24, 2.45) is 5.92 Å². The number of hydrogen-bond acceptors (Lipinski definition) is 3. The van der Waals surface area contributed by atoms with Crippen LogP contribution in [-0.2, 0) is 9.53 Å². The summed E-state index contributed by atoms with van der Waals surface area (Å²) < 4.78 is 5.83. The zero-order chi connectivity index (χ0) is 11.5. The maximum absolute atomic E-state index is 11.6. The largest absolute Gasteiger partial charge is 0.374 e. The molecule has 92 valence electrons. The Bertz CT molecular complexity index is 254. The minimum atomic E-state index is 0.271. The van der Waals surface area contributed by atoms with E-state index in [0.717, 1.165) is 32.5 Å². The molecule has 2 rings (SSSR count). The molecule has 0 aromatic carbocycles. The Morgan fingerprint density at radius 2 is 2.25 bits per heavy atom. The van der Waals surface area contributed by atoms with Gasteiger partial charge in [0.15, 0.2) is 0 Å². The van der Waals surface area contributed by atoms with Crippen LogP contribution in [0.1, 0.15) is 39.5 Å². The zero-order valence-corrected chi connectivity index (χ0v) is 10.4. The average molecular weight is 225 g/mol. The lowest BCUT2D eigenvalue weighted by molar-refractivity contribution is -0.126. The Morgan fingerprint density at radius 3 is 2.88 bits per heavy atom. The quantitative estimate of drug-likeness (QED) is 0.734. The third-order valence-electron chi connectivity index (χ3n) is 3.88. The number of ether oxygens (including phenoxy) is 1. The van der Waals surface area contributed by atoms with Gasteiger partial charge in [-0.05, 0) is 26.2 Å². The number of likely N-dealkylation sites (tertiary alicyclic amines) is 1. The molecule has 0 spiro atoms. The average Bonchev–Trinajstić information content (AvgIpc) is 2.67. The van der Waals surface area contributed by atoms with Crippen LogP contribution < -0.4 is 0 Å². The monoisotopic (exact) mass is 225 g/mol. The van der Waals surface area contributed by atoms with Crippen molar-refractivity contribution in [2.75, 3.05) is 19.6 Å². The first-order valence-corrected chi connectivity index (χ1v) is 6.59. The fraction of sp³-hybridized carbons (Fsp3) is 0.923. The van der Waals surface area contributed by atoms with Crippen molar-refractivity contribution in [3.63, 3.8) is 0 Å². The first-order valence-electron chi connectivity index (χ1n) is 6.59. The maximum atomic E-state index is 11.6. The second-order valence-electron chi connectivity index (χ2n) is 5.23. The van der Waals surface area contributed by atoms with Crippen molar-refractivity contribution in [2.45, 2.75) is 51.7 Å². The molecule has 0 amide bonds. The molecule has 16 heavy (non-hydrogen) atoms. The van der Waals surface area contributed by atoms with Gasteiger partial charge in [0.2, 0.25) is 0 Å². The Hall–Kier alpha value is -0.410. The van der Waals surface area contributed by atoms with E-state index < -0.39 is 0 Å². The molecule has 2 aliphatic heterocycles. The third kappa shape index (κ3) is 2.83. The molecule has 2 fully saturated rings. The number of carbonyl (C=O) groups is 1. The summed E-state index contributed by atoms with van der Waals surface area (Å²) in [5, 5.41) is 0. The van der Waals surface area contributed by atoms with Crippen molar-refractivity contribution >= 4 is 5.78 Å². The van der Waals surface area contributed by atoms with Gasteiger partial charge in [0.25, 0.3) is 0 Å². The van der Waals surface area contributed by atoms with Gasteiger partial charge in [-0.1, -0.05) is 6.92 Å². The van der Waals surface area contributed by atoms with Gasteiger partial charge < -0.3 is 4.74 Å². The van der Waals surface area contributed by atoms with E-state index in [1.807, 2.05) is 0 Å². The van der Waals surface area contributed by atoms with Gasteiger partial charge in [0, 0.05) is 32.0 Å². The number of hydrogen-bond donors (Lipinski definition) is 0. The van der Waals surface area contributed by atoms with Crippen LogP contribution in [0.4, 0.5) is 0 Å². The van der Waals surface area contributed by atoms with Crippen LogP contribution in [0.15, 0.2) is 0 Å². The second-order valence-corrected chi connectivity index (χ2v) is 5.23. The smallest absolute Gasteiger partial charge is 0.138 e. The first-order chi connectivity index (χ1) is 7.69. The van der Waals surface area contributed by atoms with Gasteiger partial charge in [-0.3, -0.25) is 9.69 Å². The predicted molar refractivity (Wildman–Crippen MR) is 63.4 cm³/mol. The van der Waals surface area contributed by atoms with Gasteiger partial charge in [-0.15, -0.1) is 0 Å². The number of Topliss-reactive ketones (excluding diaryl/α,β-unsaturated/α-hetero) is 1. The van der Waals surface area contributed by atoms with Crippen LogP contribution >= 0.6 is 0 Å². The highest BCUT2D eigenvalue weighted by atomic mass is 16.5. The highest BCUT2D eigenvalue weighted by Crippen LogP contribution is 2.22. The Kier molecular flexibility index (Phi) is 3.98. The Morgan fingerprint density at radius 1 is 1.44 bits per heavy atom. The van der Waals surface area contributed by atoms with Crippen molar-refractivity contribution in [1.82, 2.24) is 4.90 Å². The summed E-state index contributed by atoms with van der Waals surface area (Å²) in [7, 11) is 0. The van der Waals surface area contributed by atoms with Crippen LogP contribution in [0.3, 0.4) is 0 Å². The third-order valence-corrected chi connectivity index (χ3v) is 3.88. The Labute approximate surface area is 98.1 Å². The van der Waals surface area contributed by atoms with E-state index in [1.54, 1.807) is 0 Å². The predicted octanol–water partition coefficient (Wildman–Crippen LogP) is 1.85. The molecule has 0 bridgehead atoms. The molecular formula is C13H23NO2. The molecule has 0 saturated carbocycles. The van der Waals surface area contributed by atoms with E-state index in [0.29, 0.717) is 18.0 Å². The molecule has 3 nitrogen and oxygen atoms in total. The molecule has 2 aliphatic rings. The van der Waals surface area contributed by atoms with Crippen LogP contribution in [0, 0.1) is 5.92 Å². The molecule has 3 unspecified atom stereocenters. The van der Waals surface area contributed by atoms with Crippen molar-refractivity contribution in [1.29, 1.82) is 0 Å². The minimum absolute atomic E-state index is 0.271. The molecule has 0 aromatic heterocycles. The van der Waals surface area contributed by atoms with Gasteiger partial charge >= 0.3 is 0 Å². The van der Waals surface area contributed by atoms with Gasteiger partial charge in [0.05, 0.1) is 12.2 Å². The summed E-state index contributed by atoms with van der Waals surface area (Å²) in [5.41, 5.74) is 0. The lowest BCUT2D eigenvalue weighted by Crippen LogP contribution is -2.43. The highest BCUT2D eigenvalue weighted by Gasteiger charge is 2.29. The van der Waals surface area contributed by atoms with Crippen LogP contribution in [0.5, 0.6) is 0 Å². The standard InChI is InChI=1S/C13H23NO2/c1-3-11-8-14(7-6-13(11)15)9-12-5-4-10(2)16-12/h10-12H,3-9H2,1-2H3. The molecule has 0 N–H and O–H groups in total. The van der Waals surface area contributed by atoms with E-state index in [2.05, 4.69) is 18.7 Å². The van der Waals surface area contributed by atoms with E-state index in [4.69, 9.17) is 4.74 Å². The molecule has 3 heteroatoms. The number of ketones is 1. The van der Waals surface area contributed by atoms with Crippen LogP contribution in [-0.4, -0.2) is 42.5 Å². The SMILES string of the molecule is CCC1CN(CC2CCC(C)O2)CCC1=O. The summed E-state index contributed by atoms with van der Waals surface area (Å²) >= 11 is 0. The van der Waals surface area contributed by atoms with E-state index >= 15 is 0 Å². The molecule has 2 heterocycles. The van der Waals surface area contributed by atoms with Crippen LogP contribution in [0.2, 0.25) is 0 Å². The van der Waals surface area contributed by atoms with Crippen molar-refractivity contribution in [3.05, 3.63) is 0 Å². The first kappa shape index (κ1) is 12.1. The van der Waals surface area contributed by atoms with Crippen molar-refractivity contribution in [3.8, 4) is 0 Å². The maximum Gasteiger partial charge on any atom is 0.138 e. The van der Waals surface area contributed by atoms with E-state index in [1.165, 1.54) is 12.8 Å². The normalized spacial score (nSPS) is 36.9. The lowest BCUT2D eigenvalue weighted by atomic mass is 9.94. The fourth-order valence-corrected chi connectivity index (χ4v) is 2.81. The summed E-state index contributed by atoms with van der Waals surface area (Å²) in [6.45, 7) is 7.16. The zero-order valence-electron chi connectivity index (χ0n) is 10.4. The van der Waals surface area contributed by atoms with Gasteiger partial charge in [0.1, 0.15) is 5.78 Å². The van der Waals surface area contributed by atoms with Crippen LogP contribution in [0.25, 0.3) is 0 Å². The second kappa shape index (κ2) is 5.28. The van der Waals surface area contributed by atoms with Crippen molar-refractivity contribution < 1.29 is 9.53 Å². The summed E-state index contributed by atoms with van der Waals surface area (Å²) in [6.07, 6.45) is 4.92. The van der Waals surface area contributed by atoms with E-state index in [-0.39, 0.29) is 5.92 Å². The Balaban J connectivity index is 1.80. The lowest BCUT2D eigenvalue weighted by Gasteiger charge is -2.32. The summed E-state index contributed by atoms with van der Waals surface area (Å²) in [6, 6.07) is 0. The topological polar surface area (TPSA) is 29.5 Å². The van der Waals surface area contributed by atoms with Gasteiger partial charge in [-0.2, -0.15) is 0 Å². The molecule has 2 saturated heterocycles. The van der Waals surface area contributed by atoms with Gasteiger partial charge in [-0.25, -0.2) is 0 Å². The van der Waals surface area contributed by atoms with E-state index in [9.17, 15) is 4.79 Å². The fourth-order valence-electron chi connectivity index (χ4n) is 2.81. The molecule has 3 atom stereocenters. The molecule has 0 aliphatic carbocycles. The number of nitrogens with zero attached hydrogens (tertiary/aromatic N) is 1. The minimum Gasteiger partial charge on any atom is -0.374 e. The molecule has 0 radical (unpaired) electrons. The summed E-state index contributed by atoms with van der Waals surface area (Å²) in [4.78, 5) is 14.0. The number of rotatable bonds is 3. The number of piperidine rings is 1.